The van der Waals surface area contributed by atoms with Crippen LogP contribution in [0.25, 0.3) is 4.96 Å². The summed E-state index contributed by atoms with van der Waals surface area (Å²) < 4.78 is 28.7. The summed E-state index contributed by atoms with van der Waals surface area (Å²) in [7, 11) is -3.96. The molecule has 132 valence electrons. The SMILES string of the molecule is CCc1nn2c(=O)c(S(=O)(=O)NCCc3ccccc3)c(C)nc2s1. The van der Waals surface area contributed by atoms with Gasteiger partial charge in [-0.3, -0.25) is 4.79 Å². The zero-order valence-electron chi connectivity index (χ0n) is 13.9. The first-order valence-electron chi connectivity index (χ1n) is 7.85. The Morgan fingerprint density at radius 3 is 2.64 bits per heavy atom. The molecule has 1 N–H and O–H groups in total. The Bertz CT molecular complexity index is 1060. The molecule has 7 nitrogen and oxygen atoms in total. The molecule has 0 aliphatic rings. The zero-order valence-corrected chi connectivity index (χ0v) is 15.5. The third-order valence-electron chi connectivity index (χ3n) is 3.70. The fraction of sp³-hybridized carbons (Fsp3) is 0.312. The maximum absolute atomic E-state index is 12.6. The topological polar surface area (TPSA) is 93.4 Å². The molecular weight excluding hydrogens is 360 g/mol. The number of hydrogen-bond donors (Lipinski definition) is 1. The number of aryl methyl sites for hydroxylation is 2. The molecule has 0 aliphatic heterocycles. The van der Waals surface area contributed by atoms with Gasteiger partial charge in [-0.05, 0) is 25.3 Å². The van der Waals surface area contributed by atoms with Crippen LogP contribution >= 0.6 is 11.3 Å². The minimum Gasteiger partial charge on any atom is -0.266 e. The number of fused-ring (bicyclic) bond motifs is 1. The van der Waals surface area contributed by atoms with Crippen LogP contribution in [0.15, 0.2) is 40.0 Å². The first-order valence-corrected chi connectivity index (χ1v) is 10.2. The summed E-state index contributed by atoms with van der Waals surface area (Å²) in [6, 6.07) is 9.53. The number of benzene rings is 1. The predicted molar refractivity (Wildman–Crippen MR) is 96.6 cm³/mol. The van der Waals surface area contributed by atoms with Gasteiger partial charge in [0.2, 0.25) is 15.0 Å². The molecule has 9 heteroatoms. The van der Waals surface area contributed by atoms with E-state index >= 15 is 0 Å². The summed E-state index contributed by atoms with van der Waals surface area (Å²) in [5.74, 6) is 0. The Labute approximate surface area is 149 Å². The molecule has 0 saturated carbocycles. The van der Waals surface area contributed by atoms with Gasteiger partial charge in [-0.2, -0.15) is 9.61 Å². The normalized spacial score (nSPS) is 11.9. The zero-order chi connectivity index (χ0) is 18.0. The van der Waals surface area contributed by atoms with E-state index in [9.17, 15) is 13.2 Å². The molecule has 0 unspecified atom stereocenters. The summed E-state index contributed by atoms with van der Waals surface area (Å²) in [6.07, 6.45) is 1.19. The van der Waals surface area contributed by atoms with E-state index in [2.05, 4.69) is 14.8 Å². The predicted octanol–water partition coefficient (Wildman–Crippen LogP) is 1.54. The van der Waals surface area contributed by atoms with Crippen molar-refractivity contribution in [2.45, 2.75) is 31.6 Å². The lowest BCUT2D eigenvalue weighted by Crippen LogP contribution is -2.33. The van der Waals surface area contributed by atoms with Crippen LogP contribution in [0.2, 0.25) is 0 Å². The Hall–Kier alpha value is -2.10. The van der Waals surface area contributed by atoms with Gasteiger partial charge in [-0.25, -0.2) is 18.1 Å². The molecule has 0 spiro atoms. The molecule has 2 heterocycles. The molecule has 1 aromatic carbocycles. The minimum absolute atomic E-state index is 0.184. The molecule has 3 aromatic rings. The third kappa shape index (κ3) is 3.63. The van der Waals surface area contributed by atoms with Gasteiger partial charge in [-0.1, -0.05) is 48.6 Å². The summed E-state index contributed by atoms with van der Waals surface area (Å²) in [4.78, 5) is 16.9. The average Bonchev–Trinajstić information content (AvgIpc) is 2.99. The van der Waals surface area contributed by atoms with Crippen molar-refractivity contribution in [3.05, 3.63) is 57.0 Å². The van der Waals surface area contributed by atoms with Crippen LogP contribution in [0.5, 0.6) is 0 Å². The van der Waals surface area contributed by atoms with E-state index in [-0.39, 0.29) is 17.1 Å². The van der Waals surface area contributed by atoms with Gasteiger partial charge in [-0.15, -0.1) is 0 Å². The van der Waals surface area contributed by atoms with Crippen LogP contribution in [0.4, 0.5) is 0 Å². The number of hydrogen-bond acceptors (Lipinski definition) is 6. The van der Waals surface area contributed by atoms with Crippen molar-refractivity contribution in [3.63, 3.8) is 0 Å². The van der Waals surface area contributed by atoms with Crippen molar-refractivity contribution >= 4 is 26.3 Å². The van der Waals surface area contributed by atoms with Crippen molar-refractivity contribution in [1.82, 2.24) is 19.3 Å². The molecule has 0 aliphatic carbocycles. The van der Waals surface area contributed by atoms with Gasteiger partial charge in [0.15, 0.2) is 4.90 Å². The molecule has 0 atom stereocenters. The van der Waals surface area contributed by atoms with E-state index in [1.54, 1.807) is 0 Å². The molecule has 0 fully saturated rings. The van der Waals surface area contributed by atoms with Crippen LogP contribution in [-0.2, 0) is 22.9 Å². The fourth-order valence-corrected chi connectivity index (χ4v) is 4.61. The summed E-state index contributed by atoms with van der Waals surface area (Å²) in [6.45, 7) is 3.64. The Kier molecular flexibility index (Phi) is 4.98. The van der Waals surface area contributed by atoms with Gasteiger partial charge < -0.3 is 0 Å². The monoisotopic (exact) mass is 378 g/mol. The molecule has 2 aromatic heterocycles. The Morgan fingerprint density at radius 1 is 1.24 bits per heavy atom. The molecule has 25 heavy (non-hydrogen) atoms. The van der Waals surface area contributed by atoms with Gasteiger partial charge in [0.1, 0.15) is 5.01 Å². The van der Waals surface area contributed by atoms with Gasteiger partial charge in [0.25, 0.3) is 5.56 Å². The van der Waals surface area contributed by atoms with Gasteiger partial charge in [0, 0.05) is 6.54 Å². The van der Waals surface area contributed by atoms with Crippen LogP contribution in [-0.4, -0.2) is 29.6 Å². The Balaban J connectivity index is 1.90. The third-order valence-corrected chi connectivity index (χ3v) is 6.34. The van der Waals surface area contributed by atoms with Gasteiger partial charge >= 0.3 is 0 Å². The van der Waals surface area contributed by atoms with Crippen molar-refractivity contribution in [2.24, 2.45) is 0 Å². The van der Waals surface area contributed by atoms with E-state index < -0.39 is 15.6 Å². The molecule has 0 bridgehead atoms. The highest BCUT2D eigenvalue weighted by atomic mass is 32.2. The maximum atomic E-state index is 12.6. The number of aromatic nitrogens is 3. The van der Waals surface area contributed by atoms with E-state index in [1.165, 1.54) is 18.3 Å². The number of rotatable bonds is 6. The fourth-order valence-electron chi connectivity index (χ4n) is 2.47. The van der Waals surface area contributed by atoms with Crippen molar-refractivity contribution in [3.8, 4) is 0 Å². The largest absolute Gasteiger partial charge is 0.295 e. The number of sulfonamides is 1. The van der Waals surface area contributed by atoms with E-state index in [4.69, 9.17) is 0 Å². The number of nitrogens with zero attached hydrogens (tertiary/aromatic N) is 3. The highest BCUT2D eigenvalue weighted by molar-refractivity contribution is 7.89. The molecular formula is C16H18N4O3S2. The van der Waals surface area contributed by atoms with Crippen LogP contribution in [0, 0.1) is 6.92 Å². The first kappa shape index (κ1) is 17.7. The quantitative estimate of drug-likeness (QED) is 0.702. The second kappa shape index (κ2) is 7.03. The van der Waals surface area contributed by atoms with Crippen molar-refractivity contribution in [2.75, 3.05) is 6.54 Å². The highest BCUT2D eigenvalue weighted by Gasteiger charge is 2.24. The lowest BCUT2D eigenvalue weighted by molar-refractivity contribution is 0.577. The Morgan fingerprint density at radius 2 is 1.96 bits per heavy atom. The van der Waals surface area contributed by atoms with E-state index in [0.29, 0.717) is 17.8 Å². The maximum Gasteiger partial charge on any atom is 0.295 e. The molecule has 0 amide bonds. The second-order valence-electron chi connectivity index (χ2n) is 5.51. The first-order chi connectivity index (χ1) is 11.9. The van der Waals surface area contributed by atoms with Crippen molar-refractivity contribution in [1.29, 1.82) is 0 Å². The van der Waals surface area contributed by atoms with E-state index in [0.717, 1.165) is 15.1 Å². The smallest absolute Gasteiger partial charge is 0.266 e. The van der Waals surface area contributed by atoms with Crippen LogP contribution in [0.1, 0.15) is 23.2 Å². The second-order valence-corrected chi connectivity index (χ2v) is 8.25. The minimum atomic E-state index is -3.96. The highest BCUT2D eigenvalue weighted by Crippen LogP contribution is 2.15. The molecule has 0 radical (unpaired) electrons. The molecule has 3 rings (SSSR count). The summed E-state index contributed by atoms with van der Waals surface area (Å²) in [5, 5.41) is 4.87. The summed E-state index contributed by atoms with van der Waals surface area (Å²) >= 11 is 1.29. The lowest BCUT2D eigenvalue weighted by Gasteiger charge is -2.08. The number of nitrogens with one attached hydrogen (secondary N) is 1. The summed E-state index contributed by atoms with van der Waals surface area (Å²) in [5.41, 5.74) is 0.536. The van der Waals surface area contributed by atoms with Gasteiger partial charge in [0.05, 0.1) is 5.69 Å². The molecule has 0 saturated heterocycles. The average molecular weight is 378 g/mol. The van der Waals surface area contributed by atoms with E-state index in [1.807, 2.05) is 37.3 Å². The van der Waals surface area contributed by atoms with Crippen LogP contribution < -0.4 is 10.3 Å². The standard InChI is InChI=1S/C16H18N4O3S2/c1-3-13-19-20-15(21)14(11(2)18-16(20)24-13)25(22,23)17-10-9-12-7-5-4-6-8-12/h4-8,17H,3,9-10H2,1-2H3. The van der Waals surface area contributed by atoms with Crippen molar-refractivity contribution < 1.29 is 8.42 Å². The lowest BCUT2D eigenvalue weighted by atomic mass is 10.2. The van der Waals surface area contributed by atoms with Crippen LogP contribution in [0.3, 0.4) is 0 Å².